The van der Waals surface area contributed by atoms with E-state index in [0.29, 0.717) is 6.54 Å². The Morgan fingerprint density at radius 2 is 2.28 bits per heavy atom. The van der Waals surface area contributed by atoms with Crippen molar-refractivity contribution in [3.8, 4) is 0 Å². The van der Waals surface area contributed by atoms with Crippen LogP contribution in [0, 0.1) is 5.92 Å². The average Bonchev–Trinajstić information content (AvgIpc) is 2.26. The third-order valence-electron chi connectivity index (χ3n) is 3.30. The Hall–Kier alpha value is -1.65. The summed E-state index contributed by atoms with van der Waals surface area (Å²) in [5, 5.41) is 3.33. The molecule has 1 fully saturated rings. The highest BCUT2D eigenvalue weighted by atomic mass is 16.1. The summed E-state index contributed by atoms with van der Waals surface area (Å²) in [4.78, 5) is 21.3. The second-order valence-electron chi connectivity index (χ2n) is 5.00. The number of anilines is 2. The van der Waals surface area contributed by atoms with E-state index in [9.17, 15) is 4.79 Å². The molecule has 0 saturated heterocycles. The van der Waals surface area contributed by atoms with Crippen LogP contribution in [0.4, 0.5) is 11.6 Å². The summed E-state index contributed by atoms with van der Waals surface area (Å²) in [5.41, 5.74) is 0. The first kappa shape index (κ1) is 12.8. The monoisotopic (exact) mass is 248 g/mol. The maximum Gasteiger partial charge on any atom is 0.149 e. The molecule has 0 aromatic carbocycles. The van der Waals surface area contributed by atoms with E-state index >= 15 is 0 Å². The average molecular weight is 248 g/mol. The molecule has 1 N–H and O–H groups in total. The summed E-state index contributed by atoms with van der Waals surface area (Å²) in [6.07, 6.45) is 5.52. The fourth-order valence-corrected chi connectivity index (χ4v) is 2.01. The fraction of sp³-hybridized carbons (Fsp3) is 0.615. The van der Waals surface area contributed by atoms with Crippen LogP contribution in [0.3, 0.4) is 0 Å². The molecule has 0 spiro atoms. The van der Waals surface area contributed by atoms with Crippen LogP contribution in [0.15, 0.2) is 12.4 Å². The Kier molecular flexibility index (Phi) is 4.12. The lowest BCUT2D eigenvalue weighted by Gasteiger charge is -2.25. The van der Waals surface area contributed by atoms with Gasteiger partial charge in [-0.05, 0) is 25.7 Å². The highest BCUT2D eigenvalue weighted by Crippen LogP contribution is 2.26. The molecule has 0 atom stereocenters. The van der Waals surface area contributed by atoms with Crippen molar-refractivity contribution in [1.82, 2.24) is 9.97 Å². The molecule has 0 aliphatic heterocycles. The lowest BCUT2D eigenvalue weighted by atomic mass is 9.85. The molecule has 5 nitrogen and oxygen atoms in total. The topological polar surface area (TPSA) is 58.1 Å². The first-order valence-electron chi connectivity index (χ1n) is 6.41. The van der Waals surface area contributed by atoms with Crippen molar-refractivity contribution in [2.24, 2.45) is 5.92 Å². The Balaban J connectivity index is 1.93. The summed E-state index contributed by atoms with van der Waals surface area (Å²) in [7, 11) is 1.86. The van der Waals surface area contributed by atoms with Crippen LogP contribution in [0.1, 0.15) is 26.2 Å². The smallest absolute Gasteiger partial charge is 0.149 e. The molecule has 2 rings (SSSR count). The lowest BCUT2D eigenvalue weighted by Crippen LogP contribution is -2.25. The van der Waals surface area contributed by atoms with Crippen molar-refractivity contribution in [2.45, 2.75) is 26.2 Å². The Bertz CT molecular complexity index is 417. The van der Waals surface area contributed by atoms with Crippen LogP contribution < -0.4 is 10.2 Å². The maximum atomic E-state index is 11.1. The standard InChI is InChI=1S/C13H20N4O/c1-10(18)8-17(2)13-6-12(15-9-16-13)14-7-11-4-3-5-11/h6,9,11H,3-5,7-8H2,1-2H3,(H,14,15,16). The SMILES string of the molecule is CC(=O)CN(C)c1cc(NCC2CCC2)ncn1. The number of rotatable bonds is 6. The molecule has 0 unspecified atom stereocenters. The lowest BCUT2D eigenvalue weighted by molar-refractivity contribution is -0.115. The van der Waals surface area contributed by atoms with Gasteiger partial charge >= 0.3 is 0 Å². The minimum Gasteiger partial charge on any atom is -0.370 e. The summed E-state index contributed by atoms with van der Waals surface area (Å²) in [6, 6.07) is 1.89. The first-order chi connectivity index (χ1) is 8.65. The maximum absolute atomic E-state index is 11.1. The van der Waals surface area contributed by atoms with E-state index in [1.54, 1.807) is 6.92 Å². The molecule has 1 aromatic rings. The second-order valence-corrected chi connectivity index (χ2v) is 5.00. The highest BCUT2D eigenvalue weighted by molar-refractivity contribution is 5.80. The zero-order valence-electron chi connectivity index (χ0n) is 11.0. The van der Waals surface area contributed by atoms with Gasteiger partial charge in [-0.15, -0.1) is 0 Å². The van der Waals surface area contributed by atoms with E-state index in [1.165, 1.54) is 25.6 Å². The number of carbonyl (C=O) groups is 1. The van der Waals surface area contributed by atoms with Gasteiger partial charge in [0, 0.05) is 19.7 Å². The minimum absolute atomic E-state index is 0.125. The largest absolute Gasteiger partial charge is 0.370 e. The number of carbonyl (C=O) groups excluding carboxylic acids is 1. The van der Waals surface area contributed by atoms with Gasteiger partial charge in [-0.2, -0.15) is 0 Å². The van der Waals surface area contributed by atoms with E-state index in [0.717, 1.165) is 24.1 Å². The van der Waals surface area contributed by atoms with Crippen LogP contribution in [0.25, 0.3) is 0 Å². The molecule has 5 heteroatoms. The number of aromatic nitrogens is 2. The molecule has 0 amide bonds. The first-order valence-corrected chi connectivity index (χ1v) is 6.41. The number of hydrogen-bond acceptors (Lipinski definition) is 5. The minimum atomic E-state index is 0.125. The molecule has 1 aromatic heterocycles. The van der Waals surface area contributed by atoms with Crippen molar-refractivity contribution in [1.29, 1.82) is 0 Å². The second kappa shape index (κ2) is 5.80. The predicted octanol–water partition coefficient (Wildman–Crippen LogP) is 1.71. The zero-order chi connectivity index (χ0) is 13.0. The van der Waals surface area contributed by atoms with Crippen LogP contribution in [0.2, 0.25) is 0 Å². The fourth-order valence-electron chi connectivity index (χ4n) is 2.01. The van der Waals surface area contributed by atoms with Gasteiger partial charge in [-0.1, -0.05) is 6.42 Å². The molecule has 1 heterocycles. The Labute approximate surface area is 108 Å². The van der Waals surface area contributed by atoms with Gasteiger partial charge in [-0.25, -0.2) is 9.97 Å². The summed E-state index contributed by atoms with van der Waals surface area (Å²) >= 11 is 0. The van der Waals surface area contributed by atoms with Crippen LogP contribution in [-0.2, 0) is 4.79 Å². The zero-order valence-corrected chi connectivity index (χ0v) is 11.0. The van der Waals surface area contributed by atoms with E-state index in [-0.39, 0.29) is 5.78 Å². The molecule has 0 radical (unpaired) electrons. The molecular formula is C13H20N4O. The molecule has 18 heavy (non-hydrogen) atoms. The summed E-state index contributed by atoms with van der Waals surface area (Å²) in [6.45, 7) is 2.93. The van der Waals surface area contributed by atoms with Gasteiger partial charge in [0.05, 0.1) is 6.54 Å². The van der Waals surface area contributed by atoms with Crippen molar-refractivity contribution in [2.75, 3.05) is 30.4 Å². The third kappa shape index (κ3) is 3.42. The van der Waals surface area contributed by atoms with Crippen molar-refractivity contribution in [3.63, 3.8) is 0 Å². The molecule has 1 saturated carbocycles. The number of likely N-dealkylation sites (N-methyl/N-ethyl adjacent to an activating group) is 1. The van der Waals surface area contributed by atoms with Crippen molar-refractivity contribution < 1.29 is 4.79 Å². The van der Waals surface area contributed by atoms with Gasteiger partial charge in [0.15, 0.2) is 0 Å². The highest BCUT2D eigenvalue weighted by Gasteiger charge is 2.17. The van der Waals surface area contributed by atoms with Crippen molar-refractivity contribution >= 4 is 17.4 Å². The van der Waals surface area contributed by atoms with Gasteiger partial charge in [-0.3, -0.25) is 4.79 Å². The predicted molar refractivity (Wildman–Crippen MR) is 71.8 cm³/mol. The summed E-state index contributed by atoms with van der Waals surface area (Å²) < 4.78 is 0. The number of nitrogens with one attached hydrogen (secondary N) is 1. The quantitative estimate of drug-likeness (QED) is 0.830. The van der Waals surface area contributed by atoms with Gasteiger partial charge in [0.2, 0.25) is 0 Å². The molecular weight excluding hydrogens is 228 g/mol. The number of ketones is 1. The van der Waals surface area contributed by atoms with E-state index in [4.69, 9.17) is 0 Å². The number of nitrogens with zero attached hydrogens (tertiary/aromatic N) is 3. The summed E-state index contributed by atoms with van der Waals surface area (Å²) in [5.74, 6) is 2.53. The van der Waals surface area contributed by atoms with E-state index in [2.05, 4.69) is 15.3 Å². The van der Waals surface area contributed by atoms with Gasteiger partial charge < -0.3 is 10.2 Å². The van der Waals surface area contributed by atoms with Gasteiger partial charge in [0.25, 0.3) is 0 Å². The van der Waals surface area contributed by atoms with Crippen molar-refractivity contribution in [3.05, 3.63) is 12.4 Å². The molecule has 1 aliphatic carbocycles. The molecule has 98 valence electrons. The van der Waals surface area contributed by atoms with E-state index < -0.39 is 0 Å². The van der Waals surface area contributed by atoms with E-state index in [1.807, 2.05) is 18.0 Å². The van der Waals surface area contributed by atoms with Crippen LogP contribution in [0.5, 0.6) is 0 Å². The normalized spacial score (nSPS) is 15.0. The molecule has 1 aliphatic rings. The number of hydrogen-bond donors (Lipinski definition) is 1. The van der Waals surface area contributed by atoms with Crippen LogP contribution in [-0.4, -0.2) is 35.9 Å². The third-order valence-corrected chi connectivity index (χ3v) is 3.30. The van der Waals surface area contributed by atoms with Gasteiger partial charge in [0.1, 0.15) is 23.7 Å². The number of Topliss-reactive ketones (excluding diaryl/α,β-unsaturated/α-hetero) is 1. The Morgan fingerprint density at radius 1 is 1.50 bits per heavy atom. The van der Waals surface area contributed by atoms with Crippen LogP contribution >= 0.6 is 0 Å². The Morgan fingerprint density at radius 3 is 2.89 bits per heavy atom. The molecule has 0 bridgehead atoms.